The molecule has 22 heavy (non-hydrogen) atoms. The number of aliphatic hydroxyl groups is 1. The number of hydrogen-bond acceptors (Lipinski definition) is 6. The molecule has 1 aromatic rings. The second-order valence-corrected chi connectivity index (χ2v) is 5.05. The first-order valence-corrected chi connectivity index (χ1v) is 7.58. The summed E-state index contributed by atoms with van der Waals surface area (Å²) in [6.07, 6.45) is 5.28. The van der Waals surface area contributed by atoms with Gasteiger partial charge in [-0.15, -0.1) is 0 Å². The molecule has 1 N–H and O–H groups in total. The summed E-state index contributed by atoms with van der Waals surface area (Å²) in [6.45, 7) is 3.81. The first kappa shape index (κ1) is 16.2. The minimum atomic E-state index is -0.100. The number of esters is 1. The van der Waals surface area contributed by atoms with E-state index in [-0.39, 0.29) is 18.5 Å². The molecule has 2 heterocycles. The molecular formula is C16H21N3O3. The van der Waals surface area contributed by atoms with Crippen LogP contribution >= 0.6 is 0 Å². The topological polar surface area (TPSA) is 75.5 Å². The lowest BCUT2D eigenvalue weighted by Gasteiger charge is -2.31. The van der Waals surface area contributed by atoms with Crippen LogP contribution in [-0.2, 0) is 9.53 Å². The molecule has 2 rings (SSSR count). The van der Waals surface area contributed by atoms with Crippen LogP contribution in [0.25, 0.3) is 0 Å². The van der Waals surface area contributed by atoms with Gasteiger partial charge in [0, 0.05) is 19.5 Å². The highest BCUT2D eigenvalue weighted by atomic mass is 16.5. The number of piperidine rings is 1. The minimum absolute atomic E-state index is 0.0170. The monoisotopic (exact) mass is 303 g/mol. The SMILES string of the molecule is CCOC(=O)C1CCN(c2cncc(C#CCCO)n2)CC1. The molecule has 0 bridgehead atoms. The Labute approximate surface area is 130 Å². The second-order valence-electron chi connectivity index (χ2n) is 5.05. The van der Waals surface area contributed by atoms with Gasteiger partial charge in [-0.05, 0) is 25.7 Å². The van der Waals surface area contributed by atoms with Crippen LogP contribution < -0.4 is 4.90 Å². The van der Waals surface area contributed by atoms with Crippen LogP contribution in [0.3, 0.4) is 0 Å². The van der Waals surface area contributed by atoms with Gasteiger partial charge in [0.1, 0.15) is 11.5 Å². The first-order valence-electron chi connectivity index (χ1n) is 7.58. The number of carbonyl (C=O) groups excluding carboxylic acids is 1. The summed E-state index contributed by atoms with van der Waals surface area (Å²) in [6, 6.07) is 0. The minimum Gasteiger partial charge on any atom is -0.466 e. The Kier molecular flexibility index (Phi) is 6.16. The van der Waals surface area contributed by atoms with E-state index < -0.39 is 0 Å². The lowest BCUT2D eigenvalue weighted by atomic mass is 9.97. The van der Waals surface area contributed by atoms with Gasteiger partial charge in [-0.2, -0.15) is 0 Å². The number of carbonyl (C=O) groups is 1. The van der Waals surface area contributed by atoms with Crippen LogP contribution in [0.15, 0.2) is 12.4 Å². The highest BCUT2D eigenvalue weighted by Gasteiger charge is 2.26. The van der Waals surface area contributed by atoms with Crippen molar-refractivity contribution in [3.05, 3.63) is 18.1 Å². The molecule has 0 aliphatic carbocycles. The van der Waals surface area contributed by atoms with Crippen LogP contribution in [0.1, 0.15) is 31.9 Å². The van der Waals surface area contributed by atoms with Crippen molar-refractivity contribution in [2.45, 2.75) is 26.2 Å². The molecule has 6 heteroatoms. The van der Waals surface area contributed by atoms with Crippen LogP contribution in [0.5, 0.6) is 0 Å². The summed E-state index contributed by atoms with van der Waals surface area (Å²) in [5, 5.41) is 8.73. The molecule has 0 aromatic carbocycles. The van der Waals surface area contributed by atoms with Gasteiger partial charge >= 0.3 is 5.97 Å². The predicted molar refractivity (Wildman–Crippen MR) is 82.2 cm³/mol. The maximum Gasteiger partial charge on any atom is 0.309 e. The molecule has 0 unspecified atom stereocenters. The van der Waals surface area contributed by atoms with E-state index in [0.29, 0.717) is 18.7 Å². The van der Waals surface area contributed by atoms with Gasteiger partial charge < -0.3 is 14.7 Å². The molecule has 0 radical (unpaired) electrons. The van der Waals surface area contributed by atoms with E-state index in [1.807, 2.05) is 6.92 Å². The van der Waals surface area contributed by atoms with Gasteiger partial charge in [-0.25, -0.2) is 4.98 Å². The zero-order chi connectivity index (χ0) is 15.8. The molecule has 1 aliphatic heterocycles. The Balaban J connectivity index is 1.95. The van der Waals surface area contributed by atoms with Crippen molar-refractivity contribution in [1.82, 2.24) is 9.97 Å². The van der Waals surface area contributed by atoms with Crippen molar-refractivity contribution >= 4 is 11.8 Å². The molecule has 0 saturated carbocycles. The number of aliphatic hydroxyl groups excluding tert-OH is 1. The Morgan fingerprint density at radius 3 is 2.91 bits per heavy atom. The quantitative estimate of drug-likeness (QED) is 0.660. The molecule has 1 aromatic heterocycles. The number of aromatic nitrogens is 2. The van der Waals surface area contributed by atoms with E-state index in [2.05, 4.69) is 26.7 Å². The Morgan fingerprint density at radius 1 is 1.45 bits per heavy atom. The highest BCUT2D eigenvalue weighted by molar-refractivity contribution is 5.72. The van der Waals surface area contributed by atoms with Crippen LogP contribution in [0, 0.1) is 17.8 Å². The molecule has 1 fully saturated rings. The third-order valence-electron chi connectivity index (χ3n) is 3.51. The van der Waals surface area contributed by atoms with Crippen molar-refractivity contribution in [3.63, 3.8) is 0 Å². The summed E-state index contributed by atoms with van der Waals surface area (Å²) < 4.78 is 5.07. The van der Waals surface area contributed by atoms with Gasteiger partial charge in [0.25, 0.3) is 0 Å². The number of rotatable bonds is 4. The van der Waals surface area contributed by atoms with Gasteiger partial charge in [0.05, 0.1) is 31.5 Å². The summed E-state index contributed by atoms with van der Waals surface area (Å²) in [7, 11) is 0. The third-order valence-corrected chi connectivity index (χ3v) is 3.51. The third kappa shape index (κ3) is 4.43. The lowest BCUT2D eigenvalue weighted by Crippen LogP contribution is -2.37. The maximum absolute atomic E-state index is 11.7. The van der Waals surface area contributed by atoms with Crippen LogP contribution in [0.2, 0.25) is 0 Å². The maximum atomic E-state index is 11.7. The zero-order valence-electron chi connectivity index (χ0n) is 12.8. The molecule has 0 atom stereocenters. The smallest absolute Gasteiger partial charge is 0.309 e. The largest absolute Gasteiger partial charge is 0.466 e. The standard InChI is InChI=1S/C16H21N3O3/c1-2-22-16(21)13-6-8-19(9-7-13)15-12-17-11-14(18-15)5-3-4-10-20/h11-13,20H,2,4,6-10H2,1H3. The highest BCUT2D eigenvalue weighted by Crippen LogP contribution is 2.22. The molecule has 118 valence electrons. The van der Waals surface area contributed by atoms with Crippen molar-refractivity contribution < 1.29 is 14.6 Å². The summed E-state index contributed by atoms with van der Waals surface area (Å²) >= 11 is 0. The zero-order valence-corrected chi connectivity index (χ0v) is 12.8. The molecule has 1 saturated heterocycles. The van der Waals surface area contributed by atoms with Crippen LogP contribution in [0.4, 0.5) is 5.82 Å². The fraction of sp³-hybridized carbons (Fsp3) is 0.562. The summed E-state index contributed by atoms with van der Waals surface area (Å²) in [5.41, 5.74) is 0.596. The van der Waals surface area contributed by atoms with Crippen molar-refractivity contribution in [1.29, 1.82) is 0 Å². The lowest BCUT2D eigenvalue weighted by molar-refractivity contribution is -0.148. The summed E-state index contributed by atoms with van der Waals surface area (Å²) in [4.78, 5) is 22.5. The van der Waals surface area contributed by atoms with Crippen LogP contribution in [-0.4, -0.2) is 47.3 Å². The number of hydrogen-bond donors (Lipinski definition) is 1. The predicted octanol–water partition coefficient (Wildman–Crippen LogP) is 0.990. The fourth-order valence-electron chi connectivity index (χ4n) is 2.38. The Bertz CT molecular complexity index is 557. The second kappa shape index (κ2) is 8.35. The first-order chi connectivity index (χ1) is 10.7. The number of nitrogens with zero attached hydrogens (tertiary/aromatic N) is 3. The van der Waals surface area contributed by atoms with E-state index in [0.717, 1.165) is 31.7 Å². The van der Waals surface area contributed by atoms with Gasteiger partial charge in [-0.1, -0.05) is 5.92 Å². The van der Waals surface area contributed by atoms with E-state index >= 15 is 0 Å². The average Bonchev–Trinajstić information content (AvgIpc) is 2.56. The fourth-order valence-corrected chi connectivity index (χ4v) is 2.38. The molecule has 1 aliphatic rings. The van der Waals surface area contributed by atoms with E-state index in [4.69, 9.17) is 9.84 Å². The average molecular weight is 303 g/mol. The van der Waals surface area contributed by atoms with E-state index in [9.17, 15) is 4.79 Å². The molecular weight excluding hydrogens is 282 g/mol. The van der Waals surface area contributed by atoms with Gasteiger partial charge in [0.2, 0.25) is 0 Å². The van der Waals surface area contributed by atoms with Gasteiger partial charge in [-0.3, -0.25) is 9.78 Å². The van der Waals surface area contributed by atoms with E-state index in [1.54, 1.807) is 12.4 Å². The van der Waals surface area contributed by atoms with Gasteiger partial charge in [0.15, 0.2) is 0 Å². The number of ether oxygens (including phenoxy) is 1. The number of anilines is 1. The molecule has 6 nitrogen and oxygen atoms in total. The van der Waals surface area contributed by atoms with Crippen molar-refractivity contribution in [2.75, 3.05) is 31.2 Å². The Hall–Kier alpha value is -2.13. The molecule has 0 amide bonds. The summed E-state index contributed by atoms with van der Waals surface area (Å²) in [5.74, 6) is 6.38. The Morgan fingerprint density at radius 2 is 2.23 bits per heavy atom. The molecule has 0 spiro atoms. The van der Waals surface area contributed by atoms with Crippen molar-refractivity contribution in [2.24, 2.45) is 5.92 Å². The van der Waals surface area contributed by atoms with E-state index in [1.165, 1.54) is 0 Å². The normalized spacial score (nSPS) is 15.1. The van der Waals surface area contributed by atoms with Crippen molar-refractivity contribution in [3.8, 4) is 11.8 Å².